The topological polar surface area (TPSA) is 29.3 Å². The van der Waals surface area contributed by atoms with Gasteiger partial charge in [-0.25, -0.2) is 4.98 Å². The fourth-order valence-corrected chi connectivity index (χ4v) is 9.17. The quantitative estimate of drug-likeness (QED) is 0.171. The molecule has 11 rings (SSSR count). The van der Waals surface area contributed by atoms with Crippen molar-refractivity contribution in [1.29, 1.82) is 0 Å². The maximum Gasteiger partial charge on any atom is 0.227 e. The largest absolute Gasteiger partial charge is 0.436 e. The molecule has 0 N–H and O–H groups in total. The molecule has 0 saturated carbocycles. The van der Waals surface area contributed by atoms with Gasteiger partial charge in [0.05, 0.1) is 10.4 Å². The molecule has 0 saturated heterocycles. The average Bonchev–Trinajstić information content (AvgIpc) is 3.84. The van der Waals surface area contributed by atoms with Gasteiger partial charge in [0.15, 0.2) is 5.58 Å². The number of rotatable bonds is 6. The Kier molecular flexibility index (Phi) is 7.35. The fourth-order valence-electron chi connectivity index (χ4n) is 7.95. The van der Waals surface area contributed by atoms with Crippen molar-refractivity contribution in [2.24, 2.45) is 0 Å². The van der Waals surface area contributed by atoms with Gasteiger partial charge in [-0.3, -0.25) is 0 Å². The molecule has 55 heavy (non-hydrogen) atoms. The van der Waals surface area contributed by atoms with Crippen molar-refractivity contribution in [2.75, 3.05) is 4.90 Å². The van der Waals surface area contributed by atoms with Crippen LogP contribution in [0.5, 0.6) is 0 Å². The van der Waals surface area contributed by atoms with Crippen LogP contribution in [0.4, 0.5) is 17.1 Å². The summed E-state index contributed by atoms with van der Waals surface area (Å²) in [4.78, 5) is 7.28. The zero-order valence-electron chi connectivity index (χ0n) is 29.7. The van der Waals surface area contributed by atoms with Crippen molar-refractivity contribution in [3.05, 3.63) is 194 Å². The zero-order valence-corrected chi connectivity index (χ0v) is 30.5. The summed E-state index contributed by atoms with van der Waals surface area (Å²) in [5, 5.41) is 7.35. The first-order valence-corrected chi connectivity index (χ1v) is 19.3. The van der Waals surface area contributed by atoms with Crippen LogP contribution in [-0.2, 0) is 0 Å². The number of hydrogen-bond acceptors (Lipinski definition) is 4. The van der Waals surface area contributed by atoms with E-state index in [-0.39, 0.29) is 0 Å². The Bertz CT molecular complexity index is 3190. The van der Waals surface area contributed by atoms with Gasteiger partial charge < -0.3 is 9.32 Å². The molecule has 9 aromatic carbocycles. The molecule has 0 aliphatic carbocycles. The van der Waals surface area contributed by atoms with Gasteiger partial charge in [-0.1, -0.05) is 133 Å². The Morgan fingerprint density at radius 3 is 1.91 bits per heavy atom. The highest BCUT2D eigenvalue weighted by Gasteiger charge is 2.20. The molecule has 0 amide bonds. The monoisotopic (exact) mass is 720 g/mol. The summed E-state index contributed by atoms with van der Waals surface area (Å²) in [7, 11) is 0. The Morgan fingerprint density at radius 1 is 0.436 bits per heavy atom. The van der Waals surface area contributed by atoms with Crippen LogP contribution in [0, 0.1) is 0 Å². The summed E-state index contributed by atoms with van der Waals surface area (Å²) in [5.41, 5.74) is 10.8. The van der Waals surface area contributed by atoms with Crippen molar-refractivity contribution in [2.45, 2.75) is 0 Å². The maximum absolute atomic E-state index is 6.33. The molecule has 0 radical (unpaired) electrons. The molecule has 0 aliphatic heterocycles. The third-order valence-electron chi connectivity index (χ3n) is 10.7. The first kappa shape index (κ1) is 31.5. The van der Waals surface area contributed by atoms with E-state index in [4.69, 9.17) is 9.40 Å². The lowest BCUT2D eigenvalue weighted by molar-refractivity contribution is 0.620. The van der Waals surface area contributed by atoms with Crippen LogP contribution in [0.25, 0.3) is 86.5 Å². The van der Waals surface area contributed by atoms with Crippen molar-refractivity contribution >= 4 is 81.2 Å². The van der Waals surface area contributed by atoms with Gasteiger partial charge in [-0.15, -0.1) is 11.3 Å². The number of oxazole rings is 1. The van der Waals surface area contributed by atoms with E-state index >= 15 is 0 Å². The molecule has 2 aromatic heterocycles. The normalized spacial score (nSPS) is 11.6. The summed E-state index contributed by atoms with van der Waals surface area (Å²) in [5.74, 6) is 0.642. The fraction of sp³-hybridized carbons (Fsp3) is 0. The number of thiophene rings is 1. The number of hydrogen-bond donors (Lipinski definition) is 0. The number of fused-ring (bicyclic) bond motifs is 6. The van der Waals surface area contributed by atoms with E-state index < -0.39 is 0 Å². The highest BCUT2D eigenvalue weighted by molar-refractivity contribution is 7.26. The molecule has 2 heterocycles. The highest BCUT2D eigenvalue weighted by atomic mass is 32.1. The van der Waals surface area contributed by atoms with Gasteiger partial charge in [0.25, 0.3) is 0 Å². The Balaban J connectivity index is 1.05. The third kappa shape index (κ3) is 5.46. The molecule has 0 bridgehead atoms. The lowest BCUT2D eigenvalue weighted by Gasteiger charge is -2.26. The van der Waals surface area contributed by atoms with E-state index in [1.165, 1.54) is 64.0 Å². The van der Waals surface area contributed by atoms with Crippen LogP contribution in [0.1, 0.15) is 0 Å². The molecule has 0 unspecified atom stereocenters. The van der Waals surface area contributed by atoms with Crippen LogP contribution in [-0.4, -0.2) is 4.98 Å². The van der Waals surface area contributed by atoms with Crippen LogP contribution >= 0.6 is 11.3 Å². The second-order valence-electron chi connectivity index (χ2n) is 14.0. The second-order valence-corrected chi connectivity index (χ2v) is 15.0. The highest BCUT2D eigenvalue weighted by Crippen LogP contribution is 2.46. The van der Waals surface area contributed by atoms with Crippen molar-refractivity contribution in [3.63, 3.8) is 0 Å². The molecule has 0 atom stereocenters. The first-order valence-electron chi connectivity index (χ1n) is 18.5. The minimum absolute atomic E-state index is 0.642. The molecule has 4 heteroatoms. The molecule has 11 aromatic rings. The molecule has 0 fully saturated rings. The smallest absolute Gasteiger partial charge is 0.227 e. The van der Waals surface area contributed by atoms with E-state index in [2.05, 4.69) is 169 Å². The molecule has 0 aliphatic rings. The summed E-state index contributed by atoms with van der Waals surface area (Å²) in [6.07, 6.45) is 0. The lowest BCUT2D eigenvalue weighted by Crippen LogP contribution is -2.10. The van der Waals surface area contributed by atoms with Gasteiger partial charge in [0.2, 0.25) is 5.89 Å². The maximum atomic E-state index is 6.33. The summed E-state index contributed by atoms with van der Waals surface area (Å²) in [6, 6.07) is 69.4. The first-order chi connectivity index (χ1) is 27.2. The molecule has 258 valence electrons. The van der Waals surface area contributed by atoms with Crippen molar-refractivity contribution in [1.82, 2.24) is 4.98 Å². The third-order valence-corrected chi connectivity index (χ3v) is 11.9. The van der Waals surface area contributed by atoms with Crippen LogP contribution in [0.2, 0.25) is 0 Å². The number of benzene rings is 9. The predicted octanol–water partition coefficient (Wildman–Crippen LogP) is 15.0. The van der Waals surface area contributed by atoms with Gasteiger partial charge in [0.1, 0.15) is 5.52 Å². The van der Waals surface area contributed by atoms with E-state index in [0.29, 0.717) is 5.89 Å². The minimum Gasteiger partial charge on any atom is -0.436 e. The molecule has 3 nitrogen and oxygen atoms in total. The lowest BCUT2D eigenvalue weighted by atomic mass is 9.98. The summed E-state index contributed by atoms with van der Waals surface area (Å²) in [6.45, 7) is 0. The van der Waals surface area contributed by atoms with Gasteiger partial charge >= 0.3 is 0 Å². The van der Waals surface area contributed by atoms with E-state index in [1.807, 2.05) is 30.3 Å². The van der Waals surface area contributed by atoms with Crippen LogP contribution in [0.3, 0.4) is 0 Å². The summed E-state index contributed by atoms with van der Waals surface area (Å²) < 4.78 is 8.72. The Morgan fingerprint density at radius 2 is 1.09 bits per heavy atom. The molecular formula is C51H32N2OS. The van der Waals surface area contributed by atoms with E-state index in [9.17, 15) is 0 Å². The zero-order chi connectivity index (χ0) is 36.3. The number of anilines is 3. The Hall–Kier alpha value is -7.01. The van der Waals surface area contributed by atoms with Crippen LogP contribution < -0.4 is 4.90 Å². The van der Waals surface area contributed by atoms with E-state index in [0.717, 1.165) is 33.7 Å². The van der Waals surface area contributed by atoms with Crippen molar-refractivity contribution in [3.8, 4) is 33.7 Å². The van der Waals surface area contributed by atoms with Crippen LogP contribution in [0.15, 0.2) is 199 Å². The summed E-state index contributed by atoms with van der Waals surface area (Å²) >= 11 is 1.81. The molecule has 0 spiro atoms. The van der Waals surface area contributed by atoms with Crippen molar-refractivity contribution < 1.29 is 4.42 Å². The second kappa shape index (κ2) is 12.8. The predicted molar refractivity (Wildman–Crippen MR) is 233 cm³/mol. The van der Waals surface area contributed by atoms with Gasteiger partial charge in [0, 0.05) is 32.4 Å². The van der Waals surface area contributed by atoms with E-state index in [1.54, 1.807) is 11.3 Å². The minimum atomic E-state index is 0.642. The number of nitrogens with zero attached hydrogens (tertiary/aromatic N) is 2. The Labute approximate surface area is 322 Å². The average molecular weight is 721 g/mol. The van der Waals surface area contributed by atoms with Gasteiger partial charge in [-0.05, 0) is 104 Å². The molecular weight excluding hydrogens is 689 g/mol. The number of aromatic nitrogens is 1. The van der Waals surface area contributed by atoms with Gasteiger partial charge in [-0.2, -0.15) is 0 Å². The standard InChI is InChI=1S/C51H32N2OS/c1-2-12-37(13-3-1)51-52-46-32-49-45(31-48(46)54-51)44-18-9-19-47(50(44)55-49)53(40-26-22-34(23-27-40)39-21-20-33-10-4-5-14-38(33)30-39)41-28-24-36(25-29-41)43-17-8-15-35-11-6-7-16-42(35)43/h1-32H. The SMILES string of the molecule is c1ccc(-c2nc3cc4sc5c(N(c6ccc(-c7ccc8ccccc8c7)cc6)c6ccc(-c7cccc8ccccc78)cc6)cccc5c4cc3o2)cc1.